The zero-order valence-electron chi connectivity index (χ0n) is 16.9. The fourth-order valence-electron chi connectivity index (χ4n) is 5.03. The van der Waals surface area contributed by atoms with Gasteiger partial charge in [-0.3, -0.25) is 4.79 Å². The van der Waals surface area contributed by atoms with E-state index in [4.69, 9.17) is 9.47 Å². The van der Waals surface area contributed by atoms with Crippen LogP contribution in [-0.4, -0.2) is 58.1 Å². The van der Waals surface area contributed by atoms with Gasteiger partial charge in [-0.15, -0.1) is 0 Å². The molecule has 5 rings (SSSR count). The highest BCUT2D eigenvalue weighted by Crippen LogP contribution is 2.36. The van der Waals surface area contributed by atoms with Crippen molar-refractivity contribution in [2.24, 2.45) is 0 Å². The molecule has 0 bridgehead atoms. The SMILES string of the molecule is CC1(C)CN(C(=O)c2nn(-c3cccc(F)c3)c3c2CCC3)CC2(CCOC2)O1. The third kappa shape index (κ3) is 3.26. The van der Waals surface area contributed by atoms with Gasteiger partial charge in [-0.2, -0.15) is 5.10 Å². The van der Waals surface area contributed by atoms with Crippen LogP contribution in [0.3, 0.4) is 0 Å². The number of hydrogen-bond donors (Lipinski definition) is 0. The lowest BCUT2D eigenvalue weighted by atomic mass is 9.94. The fraction of sp³-hybridized carbons (Fsp3) is 0.545. The number of hydrogen-bond acceptors (Lipinski definition) is 4. The maximum absolute atomic E-state index is 13.8. The number of fused-ring (bicyclic) bond motifs is 1. The summed E-state index contributed by atoms with van der Waals surface area (Å²) in [6.07, 6.45) is 3.44. The van der Waals surface area contributed by atoms with Crippen LogP contribution in [0, 0.1) is 5.82 Å². The second-order valence-electron chi connectivity index (χ2n) is 9.03. The molecule has 1 amide bonds. The number of amides is 1. The Labute approximate surface area is 169 Å². The van der Waals surface area contributed by atoms with E-state index >= 15 is 0 Å². The minimum absolute atomic E-state index is 0.0686. The second-order valence-corrected chi connectivity index (χ2v) is 9.03. The molecule has 3 aliphatic rings. The molecule has 6 nitrogen and oxygen atoms in total. The van der Waals surface area contributed by atoms with Gasteiger partial charge in [0.2, 0.25) is 0 Å². The zero-order chi connectivity index (χ0) is 20.2. The van der Waals surface area contributed by atoms with E-state index in [2.05, 4.69) is 5.10 Å². The van der Waals surface area contributed by atoms with Gasteiger partial charge in [0.05, 0.1) is 24.4 Å². The lowest BCUT2D eigenvalue weighted by molar-refractivity contribution is -0.186. The summed E-state index contributed by atoms with van der Waals surface area (Å²) in [6.45, 7) is 6.22. The highest BCUT2D eigenvalue weighted by molar-refractivity contribution is 5.94. The highest BCUT2D eigenvalue weighted by Gasteiger charge is 2.48. The molecule has 2 aromatic rings. The summed E-state index contributed by atoms with van der Waals surface area (Å²) in [5.41, 5.74) is 2.28. The third-order valence-corrected chi connectivity index (χ3v) is 6.08. The smallest absolute Gasteiger partial charge is 0.274 e. The predicted octanol–water partition coefficient (Wildman–Crippen LogP) is 2.91. The Hall–Kier alpha value is -2.25. The molecule has 2 fully saturated rings. The number of benzene rings is 1. The Morgan fingerprint density at radius 2 is 2.10 bits per heavy atom. The van der Waals surface area contributed by atoms with Crippen molar-refractivity contribution in [3.8, 4) is 5.69 Å². The van der Waals surface area contributed by atoms with E-state index in [9.17, 15) is 9.18 Å². The van der Waals surface area contributed by atoms with Crippen LogP contribution >= 0.6 is 0 Å². The number of nitrogens with zero attached hydrogens (tertiary/aromatic N) is 3. The number of aromatic nitrogens is 2. The molecular formula is C22H26FN3O3. The van der Waals surface area contributed by atoms with E-state index in [0.29, 0.717) is 37.7 Å². The van der Waals surface area contributed by atoms with Gasteiger partial charge < -0.3 is 14.4 Å². The Morgan fingerprint density at radius 1 is 1.24 bits per heavy atom. The summed E-state index contributed by atoms with van der Waals surface area (Å²) in [6, 6.07) is 6.37. The van der Waals surface area contributed by atoms with Crippen molar-refractivity contribution in [2.45, 2.75) is 50.7 Å². The molecular weight excluding hydrogens is 373 g/mol. The van der Waals surface area contributed by atoms with Gasteiger partial charge in [0.15, 0.2) is 5.69 Å². The molecule has 154 valence electrons. The van der Waals surface area contributed by atoms with Crippen LogP contribution in [0.25, 0.3) is 5.69 Å². The largest absolute Gasteiger partial charge is 0.378 e. The van der Waals surface area contributed by atoms with Gasteiger partial charge in [-0.05, 0) is 51.3 Å². The van der Waals surface area contributed by atoms with E-state index in [1.807, 2.05) is 24.8 Å². The van der Waals surface area contributed by atoms with Gasteiger partial charge in [-0.25, -0.2) is 9.07 Å². The molecule has 3 heterocycles. The van der Waals surface area contributed by atoms with Crippen molar-refractivity contribution in [3.05, 3.63) is 47.0 Å². The molecule has 1 atom stereocenters. The Morgan fingerprint density at radius 3 is 2.86 bits per heavy atom. The molecule has 1 aliphatic carbocycles. The average Bonchev–Trinajstić information content (AvgIpc) is 3.36. The molecule has 0 radical (unpaired) electrons. The van der Waals surface area contributed by atoms with E-state index in [1.54, 1.807) is 10.7 Å². The minimum Gasteiger partial charge on any atom is -0.378 e. The van der Waals surface area contributed by atoms with E-state index in [-0.39, 0.29) is 11.7 Å². The maximum atomic E-state index is 13.8. The summed E-state index contributed by atoms with van der Waals surface area (Å²) in [7, 11) is 0. The Balaban J connectivity index is 1.51. The first-order chi connectivity index (χ1) is 13.9. The highest BCUT2D eigenvalue weighted by atomic mass is 19.1. The summed E-state index contributed by atoms with van der Waals surface area (Å²) >= 11 is 0. The lowest BCUT2D eigenvalue weighted by Crippen LogP contribution is -2.61. The van der Waals surface area contributed by atoms with Crippen molar-refractivity contribution in [1.29, 1.82) is 0 Å². The summed E-state index contributed by atoms with van der Waals surface area (Å²) in [5, 5.41) is 4.67. The number of halogens is 1. The van der Waals surface area contributed by atoms with Crippen molar-refractivity contribution in [2.75, 3.05) is 26.3 Å². The quantitative estimate of drug-likeness (QED) is 0.779. The van der Waals surface area contributed by atoms with Crippen LogP contribution in [0.4, 0.5) is 4.39 Å². The van der Waals surface area contributed by atoms with Crippen molar-refractivity contribution in [3.63, 3.8) is 0 Å². The zero-order valence-corrected chi connectivity index (χ0v) is 16.9. The normalized spacial score (nSPS) is 25.6. The third-order valence-electron chi connectivity index (χ3n) is 6.08. The maximum Gasteiger partial charge on any atom is 0.274 e. The van der Waals surface area contributed by atoms with Gasteiger partial charge >= 0.3 is 0 Å². The van der Waals surface area contributed by atoms with Crippen LogP contribution in [0.5, 0.6) is 0 Å². The van der Waals surface area contributed by atoms with Gasteiger partial charge in [-0.1, -0.05) is 6.07 Å². The number of carbonyl (C=O) groups is 1. The second kappa shape index (κ2) is 6.64. The van der Waals surface area contributed by atoms with Crippen LogP contribution in [0.2, 0.25) is 0 Å². The van der Waals surface area contributed by atoms with E-state index in [0.717, 1.165) is 36.9 Å². The van der Waals surface area contributed by atoms with Crippen molar-refractivity contribution >= 4 is 5.91 Å². The molecule has 0 saturated carbocycles. The molecule has 1 aromatic heterocycles. The predicted molar refractivity (Wildman–Crippen MR) is 105 cm³/mol. The standard InChI is InChI=1S/C22H26FN3O3/c1-21(2)12-25(13-22(29-21)9-10-28-14-22)20(27)19-17-7-4-8-18(17)26(24-19)16-6-3-5-15(23)11-16/h3,5-6,11H,4,7-10,12-14H2,1-2H3. The number of morpholine rings is 1. The van der Waals surface area contributed by atoms with Crippen molar-refractivity contribution in [1.82, 2.24) is 14.7 Å². The topological polar surface area (TPSA) is 56.6 Å². The van der Waals surface area contributed by atoms with Crippen LogP contribution in [-0.2, 0) is 22.3 Å². The monoisotopic (exact) mass is 399 g/mol. The molecule has 2 aliphatic heterocycles. The first kappa shape index (κ1) is 18.8. The van der Waals surface area contributed by atoms with Crippen LogP contribution in [0.15, 0.2) is 24.3 Å². The summed E-state index contributed by atoms with van der Waals surface area (Å²) in [5.74, 6) is -0.378. The average molecular weight is 399 g/mol. The van der Waals surface area contributed by atoms with Crippen LogP contribution < -0.4 is 0 Å². The Kier molecular flexibility index (Phi) is 4.29. The van der Waals surface area contributed by atoms with Gasteiger partial charge in [0.1, 0.15) is 11.4 Å². The van der Waals surface area contributed by atoms with Crippen LogP contribution in [0.1, 0.15) is 48.4 Å². The van der Waals surface area contributed by atoms with Gasteiger partial charge in [0, 0.05) is 30.8 Å². The first-order valence-electron chi connectivity index (χ1n) is 10.3. The van der Waals surface area contributed by atoms with Gasteiger partial charge in [0.25, 0.3) is 5.91 Å². The number of ether oxygens (including phenoxy) is 2. The lowest BCUT2D eigenvalue weighted by Gasteiger charge is -2.47. The molecule has 1 unspecified atom stereocenters. The number of carbonyl (C=O) groups excluding carboxylic acids is 1. The summed E-state index contributed by atoms with van der Waals surface area (Å²) < 4.78 is 27.4. The summed E-state index contributed by atoms with van der Waals surface area (Å²) in [4.78, 5) is 15.4. The van der Waals surface area contributed by atoms with Crippen molar-refractivity contribution < 1.29 is 18.7 Å². The molecule has 7 heteroatoms. The first-order valence-corrected chi connectivity index (χ1v) is 10.3. The minimum atomic E-state index is -0.449. The molecule has 1 aromatic carbocycles. The van der Waals surface area contributed by atoms with E-state index in [1.165, 1.54) is 12.1 Å². The fourth-order valence-corrected chi connectivity index (χ4v) is 5.03. The molecule has 0 N–H and O–H groups in total. The Bertz CT molecular complexity index is 962. The number of rotatable bonds is 2. The van der Waals surface area contributed by atoms with E-state index < -0.39 is 11.2 Å². The molecule has 2 saturated heterocycles. The molecule has 29 heavy (non-hydrogen) atoms. The molecule has 1 spiro atoms.